The molecule has 3 aromatic carbocycles. The predicted octanol–water partition coefficient (Wildman–Crippen LogP) is 6.75. The molecule has 0 saturated carbocycles. The molecular formula is C21H15P. The Balaban J connectivity index is 2.02. The zero-order valence-corrected chi connectivity index (χ0v) is 13.0. The first-order valence-electron chi connectivity index (χ1n) is 7.42. The lowest BCUT2D eigenvalue weighted by atomic mass is 10.1. The van der Waals surface area contributed by atoms with Crippen molar-refractivity contribution in [2.75, 3.05) is 0 Å². The van der Waals surface area contributed by atoms with E-state index in [2.05, 4.69) is 91.0 Å². The summed E-state index contributed by atoms with van der Waals surface area (Å²) in [6, 6.07) is 32.3. The average Bonchev–Trinajstić information content (AvgIpc) is 2.62. The molecule has 0 fully saturated rings. The molecule has 0 aliphatic rings. The lowest BCUT2D eigenvalue weighted by Gasteiger charge is -2.10. The van der Waals surface area contributed by atoms with E-state index >= 15 is 0 Å². The molecule has 4 aromatic rings. The van der Waals surface area contributed by atoms with Crippen molar-refractivity contribution < 1.29 is 0 Å². The molecule has 1 heterocycles. The van der Waals surface area contributed by atoms with E-state index in [1.54, 1.807) is 0 Å². The monoisotopic (exact) mass is 298 g/mol. The van der Waals surface area contributed by atoms with Gasteiger partial charge in [-0.05, 0) is 28.0 Å². The third kappa shape index (κ3) is 2.43. The molecule has 0 spiro atoms. The van der Waals surface area contributed by atoms with Gasteiger partial charge < -0.3 is 0 Å². The Kier molecular flexibility index (Phi) is 3.46. The van der Waals surface area contributed by atoms with Gasteiger partial charge in [0.05, 0.1) is 0 Å². The van der Waals surface area contributed by atoms with E-state index in [1.807, 2.05) is 0 Å². The molecule has 104 valence electrons. The highest BCUT2D eigenvalue weighted by atomic mass is 31.0. The standard InChI is InChI=1S/C21H15P/c1-3-9-16(10-4-1)20-15-18-13-7-8-14-19(18)21(22-20)17-11-5-2-6-12-17/h1-15H. The molecule has 0 bridgehead atoms. The SMILES string of the molecule is c1ccc(-c2cc3ccccc3c(-c3ccccc3)p2)cc1. The van der Waals surface area contributed by atoms with Gasteiger partial charge in [-0.3, -0.25) is 0 Å². The van der Waals surface area contributed by atoms with Crippen molar-refractivity contribution in [3.8, 4) is 21.7 Å². The number of hydrogen-bond donors (Lipinski definition) is 0. The first-order chi connectivity index (χ1) is 10.9. The van der Waals surface area contributed by atoms with E-state index in [4.69, 9.17) is 0 Å². The minimum Gasteiger partial charge on any atom is -0.0622 e. The smallest absolute Gasteiger partial charge is 0.0175 e. The van der Waals surface area contributed by atoms with E-state index in [0.29, 0.717) is 0 Å². The van der Waals surface area contributed by atoms with E-state index in [9.17, 15) is 0 Å². The van der Waals surface area contributed by atoms with Crippen LogP contribution in [0.1, 0.15) is 0 Å². The second-order valence-corrected chi connectivity index (χ2v) is 6.46. The Morgan fingerprint density at radius 2 is 1.14 bits per heavy atom. The van der Waals surface area contributed by atoms with Crippen LogP contribution in [0.5, 0.6) is 0 Å². The minimum atomic E-state index is 1.27. The molecule has 0 unspecified atom stereocenters. The molecule has 0 saturated heterocycles. The van der Waals surface area contributed by atoms with Gasteiger partial charge in [0.1, 0.15) is 0 Å². The van der Waals surface area contributed by atoms with Crippen LogP contribution in [-0.4, -0.2) is 0 Å². The van der Waals surface area contributed by atoms with Crippen LogP contribution in [0.25, 0.3) is 32.5 Å². The van der Waals surface area contributed by atoms with Crippen molar-refractivity contribution in [3.63, 3.8) is 0 Å². The molecule has 1 heteroatoms. The molecule has 0 aliphatic heterocycles. The van der Waals surface area contributed by atoms with Crippen LogP contribution >= 0.6 is 8.19 Å². The van der Waals surface area contributed by atoms with Gasteiger partial charge in [0.2, 0.25) is 0 Å². The summed E-state index contributed by atoms with van der Waals surface area (Å²) in [5.74, 6) is 0. The fourth-order valence-electron chi connectivity index (χ4n) is 2.77. The maximum absolute atomic E-state index is 2.32. The molecule has 0 N–H and O–H groups in total. The largest absolute Gasteiger partial charge is 0.0622 e. The highest BCUT2D eigenvalue weighted by Crippen LogP contribution is 2.42. The van der Waals surface area contributed by atoms with Crippen molar-refractivity contribution in [2.24, 2.45) is 0 Å². The summed E-state index contributed by atoms with van der Waals surface area (Å²) in [6.45, 7) is 0. The molecule has 0 amide bonds. The van der Waals surface area contributed by atoms with Crippen LogP contribution < -0.4 is 0 Å². The Morgan fingerprint density at radius 1 is 0.545 bits per heavy atom. The zero-order valence-electron chi connectivity index (χ0n) is 12.1. The fraction of sp³-hybridized carbons (Fsp3) is 0. The summed E-state index contributed by atoms with van der Waals surface area (Å²) in [6.07, 6.45) is 0. The predicted molar refractivity (Wildman–Crippen MR) is 97.3 cm³/mol. The summed E-state index contributed by atoms with van der Waals surface area (Å²) in [5, 5.41) is 5.39. The molecule has 0 nitrogen and oxygen atoms in total. The molecule has 0 radical (unpaired) electrons. The number of fused-ring (bicyclic) bond motifs is 1. The van der Waals surface area contributed by atoms with Gasteiger partial charge in [0, 0.05) is 10.6 Å². The lowest BCUT2D eigenvalue weighted by molar-refractivity contribution is 1.68. The van der Waals surface area contributed by atoms with Crippen LogP contribution in [0.2, 0.25) is 0 Å². The molecule has 0 atom stereocenters. The van der Waals surface area contributed by atoms with Crippen LogP contribution in [0.4, 0.5) is 0 Å². The highest BCUT2D eigenvalue weighted by molar-refractivity contribution is 7.38. The van der Waals surface area contributed by atoms with E-state index < -0.39 is 0 Å². The van der Waals surface area contributed by atoms with Gasteiger partial charge in [0.25, 0.3) is 0 Å². The van der Waals surface area contributed by atoms with E-state index in [-0.39, 0.29) is 0 Å². The van der Waals surface area contributed by atoms with E-state index in [1.165, 1.54) is 40.7 Å². The normalized spacial score (nSPS) is 11.1. The van der Waals surface area contributed by atoms with Gasteiger partial charge in [-0.25, -0.2) is 0 Å². The van der Waals surface area contributed by atoms with Crippen molar-refractivity contribution in [2.45, 2.75) is 0 Å². The third-order valence-corrected chi connectivity index (χ3v) is 5.21. The van der Waals surface area contributed by atoms with Crippen LogP contribution in [0.3, 0.4) is 0 Å². The van der Waals surface area contributed by atoms with Crippen molar-refractivity contribution in [1.82, 2.24) is 0 Å². The van der Waals surface area contributed by atoms with Crippen LogP contribution in [-0.2, 0) is 0 Å². The summed E-state index contributed by atoms with van der Waals surface area (Å²) in [4.78, 5) is 0. The number of rotatable bonds is 2. The topological polar surface area (TPSA) is 0 Å². The quantitative estimate of drug-likeness (QED) is 0.384. The molecule has 22 heavy (non-hydrogen) atoms. The fourth-order valence-corrected chi connectivity index (χ4v) is 4.10. The second-order valence-electron chi connectivity index (χ2n) is 5.31. The highest BCUT2D eigenvalue weighted by Gasteiger charge is 2.08. The Hall–Kier alpha value is -2.43. The third-order valence-electron chi connectivity index (χ3n) is 3.86. The second kappa shape index (κ2) is 5.75. The summed E-state index contributed by atoms with van der Waals surface area (Å²) >= 11 is 0. The minimum absolute atomic E-state index is 1.27. The van der Waals surface area contributed by atoms with Gasteiger partial charge in [-0.2, -0.15) is 0 Å². The first-order valence-corrected chi connectivity index (χ1v) is 8.32. The molecule has 1 aromatic heterocycles. The Bertz CT molecular complexity index is 912. The van der Waals surface area contributed by atoms with Gasteiger partial charge in [0.15, 0.2) is 0 Å². The van der Waals surface area contributed by atoms with Crippen LogP contribution in [0.15, 0.2) is 91.0 Å². The summed E-state index contributed by atoms with van der Waals surface area (Å²) in [7, 11) is 1.27. The maximum Gasteiger partial charge on any atom is 0.0175 e. The van der Waals surface area contributed by atoms with Crippen molar-refractivity contribution in [3.05, 3.63) is 91.0 Å². The van der Waals surface area contributed by atoms with Gasteiger partial charge >= 0.3 is 0 Å². The van der Waals surface area contributed by atoms with Gasteiger partial charge in [-0.1, -0.05) is 93.1 Å². The first kappa shape index (κ1) is 13.2. The molecule has 4 rings (SSSR count). The summed E-state index contributed by atoms with van der Waals surface area (Å²) < 4.78 is 0. The summed E-state index contributed by atoms with van der Waals surface area (Å²) in [5.41, 5.74) is 2.60. The van der Waals surface area contributed by atoms with Gasteiger partial charge in [-0.15, -0.1) is 0 Å². The Labute approximate surface area is 132 Å². The Morgan fingerprint density at radius 3 is 1.86 bits per heavy atom. The van der Waals surface area contributed by atoms with E-state index in [0.717, 1.165) is 0 Å². The maximum atomic E-state index is 2.32. The number of benzene rings is 3. The average molecular weight is 298 g/mol. The van der Waals surface area contributed by atoms with Crippen LogP contribution in [0, 0.1) is 0 Å². The molecule has 0 aliphatic carbocycles. The van der Waals surface area contributed by atoms with Crippen molar-refractivity contribution in [1.29, 1.82) is 0 Å². The van der Waals surface area contributed by atoms with Crippen molar-refractivity contribution >= 4 is 19.0 Å². The zero-order chi connectivity index (χ0) is 14.8. The molecular weight excluding hydrogens is 283 g/mol. The lowest BCUT2D eigenvalue weighted by Crippen LogP contribution is -1.80. The number of hydrogen-bond acceptors (Lipinski definition) is 0.